The lowest BCUT2D eigenvalue weighted by molar-refractivity contribution is -0.141. The molecule has 1 aliphatic heterocycles. The Bertz CT molecular complexity index is 1100. The van der Waals surface area contributed by atoms with Gasteiger partial charge in [0.15, 0.2) is 0 Å². The van der Waals surface area contributed by atoms with Crippen LogP contribution in [-0.4, -0.2) is 49.9 Å². The van der Waals surface area contributed by atoms with Crippen molar-refractivity contribution >= 4 is 23.0 Å². The van der Waals surface area contributed by atoms with Crippen LogP contribution in [0.3, 0.4) is 0 Å². The highest BCUT2D eigenvalue weighted by molar-refractivity contribution is 7.15. The van der Waals surface area contributed by atoms with Gasteiger partial charge in [-0.1, -0.05) is 6.07 Å². The Kier molecular flexibility index (Phi) is 6.17. The number of benzene rings is 1. The molecule has 0 amide bonds. The molecule has 1 aromatic carbocycles. The van der Waals surface area contributed by atoms with Crippen molar-refractivity contribution < 1.29 is 23.4 Å². The number of halogens is 3. The molecule has 0 atom stereocenters. The molecule has 4 rings (SSSR count). The summed E-state index contributed by atoms with van der Waals surface area (Å²) in [5, 5.41) is 23.7. The van der Waals surface area contributed by atoms with Crippen molar-refractivity contribution in [1.29, 1.82) is 0 Å². The number of aromatic nitrogens is 3. The Morgan fingerprint density at radius 3 is 2.62 bits per heavy atom. The number of piperidine rings is 1. The number of anilines is 2. The maximum Gasteiger partial charge on any atom is 0.433 e. The van der Waals surface area contributed by atoms with E-state index in [-0.39, 0.29) is 12.7 Å². The van der Waals surface area contributed by atoms with E-state index in [1.807, 2.05) is 17.9 Å². The first-order valence-electron chi connectivity index (χ1n) is 9.97. The predicted molar refractivity (Wildman–Crippen MR) is 114 cm³/mol. The molecule has 0 aliphatic carbocycles. The second-order valence-electron chi connectivity index (χ2n) is 7.80. The number of hydrogen-bond acceptors (Lipinski definition) is 8. The van der Waals surface area contributed by atoms with Crippen molar-refractivity contribution in [2.75, 3.05) is 25.1 Å². The highest BCUT2D eigenvalue weighted by atomic mass is 32.1. The first-order valence-corrected chi connectivity index (χ1v) is 10.8. The molecule has 170 valence electrons. The number of aryl methyl sites for hydroxylation is 1. The summed E-state index contributed by atoms with van der Waals surface area (Å²) < 4.78 is 38.8. The molecular weight excluding hydrogens is 443 g/mol. The van der Waals surface area contributed by atoms with E-state index in [9.17, 15) is 23.4 Å². The van der Waals surface area contributed by atoms with Gasteiger partial charge in [0, 0.05) is 31.2 Å². The fourth-order valence-electron chi connectivity index (χ4n) is 3.60. The topological polar surface area (TPSA) is 94.4 Å². The van der Waals surface area contributed by atoms with Gasteiger partial charge < -0.3 is 15.5 Å². The number of nitrogens with one attached hydrogen (secondary N) is 1. The first-order chi connectivity index (χ1) is 15.2. The summed E-state index contributed by atoms with van der Waals surface area (Å²) in [6.45, 7) is 3.00. The van der Waals surface area contributed by atoms with Gasteiger partial charge in [0.1, 0.15) is 16.3 Å². The van der Waals surface area contributed by atoms with Crippen LogP contribution in [0, 0.1) is 6.92 Å². The predicted octanol–water partition coefficient (Wildman–Crippen LogP) is 3.90. The fraction of sp³-hybridized carbons (Fsp3) is 0.381. The number of thiazole rings is 1. The van der Waals surface area contributed by atoms with Gasteiger partial charge >= 0.3 is 6.18 Å². The van der Waals surface area contributed by atoms with Crippen LogP contribution in [-0.2, 0) is 11.8 Å². The molecule has 0 unspecified atom stereocenters. The van der Waals surface area contributed by atoms with E-state index in [2.05, 4.69) is 20.3 Å². The highest BCUT2D eigenvalue weighted by Gasteiger charge is 2.36. The molecule has 3 heterocycles. The molecule has 1 fully saturated rings. The fourth-order valence-corrected chi connectivity index (χ4v) is 4.65. The molecule has 0 saturated carbocycles. The maximum absolute atomic E-state index is 12.9. The van der Waals surface area contributed by atoms with E-state index in [0.717, 1.165) is 28.3 Å². The number of rotatable bonds is 5. The smallest absolute Gasteiger partial charge is 0.383 e. The average Bonchev–Trinajstić information content (AvgIpc) is 3.25. The van der Waals surface area contributed by atoms with Gasteiger partial charge in [-0.2, -0.15) is 13.2 Å². The van der Waals surface area contributed by atoms with Crippen molar-refractivity contribution in [2.45, 2.75) is 31.5 Å². The molecule has 3 N–H and O–H groups in total. The van der Waals surface area contributed by atoms with Crippen molar-refractivity contribution in [3.05, 3.63) is 52.9 Å². The molecule has 32 heavy (non-hydrogen) atoms. The SMILES string of the molecule is Cc1cc(Nc2nccc(C(F)(F)F)n2)cc(-c2cnc(C3(O)CCN(CO)CC3)s2)c1. The normalized spacial score (nSPS) is 16.8. The minimum atomic E-state index is -4.55. The van der Waals surface area contributed by atoms with Crippen molar-refractivity contribution in [3.8, 4) is 10.4 Å². The van der Waals surface area contributed by atoms with E-state index in [1.54, 1.807) is 18.3 Å². The number of nitrogens with zero attached hydrogens (tertiary/aromatic N) is 4. The largest absolute Gasteiger partial charge is 0.433 e. The second kappa shape index (κ2) is 8.74. The molecule has 2 aromatic heterocycles. The van der Waals surface area contributed by atoms with E-state index >= 15 is 0 Å². The lowest BCUT2D eigenvalue weighted by Gasteiger charge is -2.35. The lowest BCUT2D eigenvalue weighted by atomic mass is 9.92. The van der Waals surface area contributed by atoms with Crippen LogP contribution in [0.1, 0.15) is 29.1 Å². The van der Waals surface area contributed by atoms with Gasteiger partial charge in [-0.3, -0.25) is 4.90 Å². The zero-order valence-electron chi connectivity index (χ0n) is 17.2. The van der Waals surface area contributed by atoms with Gasteiger partial charge in [-0.15, -0.1) is 11.3 Å². The Labute approximate surface area is 186 Å². The van der Waals surface area contributed by atoms with Crippen molar-refractivity contribution in [3.63, 3.8) is 0 Å². The number of aliphatic hydroxyl groups is 2. The number of hydrogen-bond donors (Lipinski definition) is 3. The van der Waals surface area contributed by atoms with Gasteiger partial charge in [-0.05, 0) is 49.1 Å². The number of aliphatic hydroxyl groups excluding tert-OH is 1. The molecule has 0 radical (unpaired) electrons. The summed E-state index contributed by atoms with van der Waals surface area (Å²) >= 11 is 1.38. The Morgan fingerprint density at radius 2 is 1.94 bits per heavy atom. The summed E-state index contributed by atoms with van der Waals surface area (Å²) in [5.74, 6) is -0.147. The third-order valence-electron chi connectivity index (χ3n) is 5.35. The lowest BCUT2D eigenvalue weighted by Crippen LogP contribution is -2.42. The summed E-state index contributed by atoms with van der Waals surface area (Å²) in [7, 11) is 0. The molecule has 0 spiro atoms. The second-order valence-corrected chi connectivity index (χ2v) is 8.83. The number of likely N-dealkylation sites (tertiary alicyclic amines) is 1. The van der Waals surface area contributed by atoms with Crippen LogP contribution >= 0.6 is 11.3 Å². The van der Waals surface area contributed by atoms with Gasteiger partial charge in [0.05, 0.1) is 11.6 Å². The van der Waals surface area contributed by atoms with Crippen molar-refractivity contribution in [2.24, 2.45) is 0 Å². The summed E-state index contributed by atoms with van der Waals surface area (Å²) in [4.78, 5) is 14.6. The van der Waals surface area contributed by atoms with Crippen LogP contribution in [0.25, 0.3) is 10.4 Å². The first kappa shape index (κ1) is 22.6. The molecule has 1 aliphatic rings. The van der Waals surface area contributed by atoms with E-state index in [4.69, 9.17) is 0 Å². The minimum Gasteiger partial charge on any atom is -0.383 e. The molecular formula is C21H22F3N5O2S. The summed E-state index contributed by atoms with van der Waals surface area (Å²) in [6.07, 6.45) is -0.839. The van der Waals surface area contributed by atoms with Gasteiger partial charge in [0.25, 0.3) is 0 Å². The Morgan fingerprint density at radius 1 is 1.19 bits per heavy atom. The third-order valence-corrected chi connectivity index (χ3v) is 6.59. The minimum absolute atomic E-state index is 0.0339. The van der Waals surface area contributed by atoms with Crippen LogP contribution in [0.5, 0.6) is 0 Å². The summed E-state index contributed by atoms with van der Waals surface area (Å²) in [6, 6.07) is 6.33. The van der Waals surface area contributed by atoms with Crippen molar-refractivity contribution in [1.82, 2.24) is 19.9 Å². The quantitative estimate of drug-likeness (QED) is 0.526. The monoisotopic (exact) mass is 465 g/mol. The van der Waals surface area contributed by atoms with E-state index in [1.165, 1.54) is 11.3 Å². The van der Waals surface area contributed by atoms with Gasteiger partial charge in [-0.25, -0.2) is 15.0 Å². The zero-order chi connectivity index (χ0) is 22.9. The molecule has 3 aromatic rings. The standard InChI is InChI=1S/C21H22F3N5O2S/c1-13-8-14(10-15(9-13)27-19-25-5-2-17(28-19)21(22,23)24)16-11-26-18(32-16)20(31)3-6-29(12-30)7-4-20/h2,5,8-11,30-31H,3-4,6-7,12H2,1H3,(H,25,27,28). The van der Waals surface area contributed by atoms with E-state index < -0.39 is 17.5 Å². The average molecular weight is 466 g/mol. The Balaban J connectivity index is 1.56. The number of alkyl halides is 3. The molecule has 1 saturated heterocycles. The zero-order valence-corrected chi connectivity index (χ0v) is 18.0. The summed E-state index contributed by atoms with van der Waals surface area (Å²) in [5.41, 5.74) is 0.201. The highest BCUT2D eigenvalue weighted by Crippen LogP contribution is 2.39. The Hall–Kier alpha value is -2.60. The molecule has 0 bridgehead atoms. The van der Waals surface area contributed by atoms with Crippen LogP contribution in [0.2, 0.25) is 0 Å². The van der Waals surface area contributed by atoms with E-state index in [0.29, 0.717) is 36.6 Å². The van der Waals surface area contributed by atoms with Crippen LogP contribution < -0.4 is 5.32 Å². The third kappa shape index (κ3) is 4.90. The molecule has 7 nitrogen and oxygen atoms in total. The maximum atomic E-state index is 12.9. The van der Waals surface area contributed by atoms with Crippen LogP contribution in [0.4, 0.5) is 24.8 Å². The molecule has 11 heteroatoms. The van der Waals surface area contributed by atoms with Gasteiger partial charge in [0.2, 0.25) is 5.95 Å². The van der Waals surface area contributed by atoms with Crippen LogP contribution in [0.15, 0.2) is 36.7 Å².